The first kappa shape index (κ1) is 15.5. The van der Waals surface area contributed by atoms with Gasteiger partial charge in [-0.15, -0.1) is 0 Å². The van der Waals surface area contributed by atoms with Crippen LogP contribution in [0.4, 0.5) is 5.69 Å². The molecule has 0 saturated heterocycles. The summed E-state index contributed by atoms with van der Waals surface area (Å²) in [4.78, 5) is 10.1. The number of ether oxygens (including phenoxy) is 1. The third-order valence-corrected chi connectivity index (χ3v) is 2.66. The van der Waals surface area contributed by atoms with Crippen LogP contribution in [-0.2, 0) is 0 Å². The molecule has 6 heteroatoms. The first-order valence-corrected chi connectivity index (χ1v) is 6.36. The summed E-state index contributed by atoms with van der Waals surface area (Å²) in [5.74, 6) is 0.493. The molecule has 0 aliphatic heterocycles. The summed E-state index contributed by atoms with van der Waals surface area (Å²) >= 11 is 5.79. The molecule has 5 nitrogen and oxygen atoms in total. The second kappa shape index (κ2) is 7.76. The highest BCUT2D eigenvalue weighted by molar-refractivity contribution is 6.32. The monoisotopic (exact) mass is 284 g/mol. The third kappa shape index (κ3) is 5.28. The minimum atomic E-state index is -0.528. The van der Waals surface area contributed by atoms with E-state index in [1.54, 1.807) is 0 Å². The number of hydrogen-bond acceptors (Lipinski definition) is 4. The van der Waals surface area contributed by atoms with Crippen LogP contribution in [0.1, 0.15) is 13.3 Å². The summed E-state index contributed by atoms with van der Waals surface area (Å²) < 4.78 is 5.47. The van der Waals surface area contributed by atoms with Crippen molar-refractivity contribution in [2.24, 2.45) is 0 Å². The number of nitro benzene ring substituents is 1. The second-order valence-electron chi connectivity index (χ2n) is 4.09. The normalized spacial score (nSPS) is 10.2. The summed E-state index contributed by atoms with van der Waals surface area (Å²) in [5, 5.41) is 13.9. The maximum atomic E-state index is 10.6. The van der Waals surface area contributed by atoms with Gasteiger partial charge in [-0.1, -0.05) is 25.1 Å². The van der Waals surface area contributed by atoms with Crippen molar-refractivity contribution in [2.45, 2.75) is 13.3 Å². The number of benzene rings is 1. The van der Waals surface area contributed by atoms with Crippen LogP contribution in [0, 0.1) is 10.1 Å². The molecule has 0 aromatic heterocycles. The van der Waals surface area contributed by atoms with Crippen molar-refractivity contribution in [1.82, 2.24) is 5.32 Å². The zero-order valence-corrected chi connectivity index (χ0v) is 11.6. The second-order valence-corrected chi connectivity index (χ2v) is 4.49. The summed E-state index contributed by atoms with van der Waals surface area (Å²) in [6.07, 6.45) is 1.06. The first-order valence-electron chi connectivity index (χ1n) is 5.98. The molecular weight excluding hydrogens is 268 g/mol. The lowest BCUT2D eigenvalue weighted by atomic mass is 10.3. The van der Waals surface area contributed by atoms with E-state index < -0.39 is 4.92 Å². The largest absolute Gasteiger partial charge is 0.489 e. The number of rotatable bonds is 8. The molecule has 0 aliphatic carbocycles. The van der Waals surface area contributed by atoms with Crippen LogP contribution < -0.4 is 10.1 Å². The lowest BCUT2D eigenvalue weighted by Crippen LogP contribution is -2.20. The Kier molecular flexibility index (Phi) is 6.32. The van der Waals surface area contributed by atoms with Crippen molar-refractivity contribution in [2.75, 3.05) is 19.7 Å². The molecule has 0 bridgehead atoms. The van der Waals surface area contributed by atoms with E-state index in [-0.39, 0.29) is 10.7 Å². The van der Waals surface area contributed by atoms with Crippen LogP contribution in [0.25, 0.3) is 0 Å². The van der Waals surface area contributed by atoms with Crippen molar-refractivity contribution in [3.8, 4) is 5.75 Å². The fraction of sp³-hybridized carbons (Fsp3) is 0.385. The van der Waals surface area contributed by atoms with Gasteiger partial charge in [0.1, 0.15) is 17.4 Å². The van der Waals surface area contributed by atoms with Crippen LogP contribution in [0.2, 0.25) is 5.02 Å². The lowest BCUT2D eigenvalue weighted by molar-refractivity contribution is -0.384. The topological polar surface area (TPSA) is 64.4 Å². The van der Waals surface area contributed by atoms with Crippen LogP contribution in [0.3, 0.4) is 0 Å². The van der Waals surface area contributed by atoms with E-state index in [0.717, 1.165) is 18.5 Å². The number of nitro groups is 1. The quantitative estimate of drug-likeness (QED) is 0.345. The molecule has 19 heavy (non-hydrogen) atoms. The Morgan fingerprint density at radius 2 is 2.32 bits per heavy atom. The molecule has 0 unspecified atom stereocenters. The van der Waals surface area contributed by atoms with Crippen LogP contribution >= 0.6 is 11.6 Å². The van der Waals surface area contributed by atoms with Crippen LogP contribution in [0.15, 0.2) is 30.4 Å². The molecule has 0 aliphatic rings. The zero-order valence-electron chi connectivity index (χ0n) is 10.8. The molecular formula is C13H17ClN2O3. The molecule has 0 saturated carbocycles. The molecule has 104 valence electrons. The molecule has 0 fully saturated rings. The van der Waals surface area contributed by atoms with Gasteiger partial charge < -0.3 is 10.1 Å². The Morgan fingerprint density at radius 3 is 2.89 bits per heavy atom. The van der Waals surface area contributed by atoms with Gasteiger partial charge in [0, 0.05) is 18.7 Å². The molecule has 0 heterocycles. The highest BCUT2D eigenvalue weighted by Crippen LogP contribution is 2.28. The zero-order chi connectivity index (χ0) is 14.3. The average molecular weight is 285 g/mol. The van der Waals surface area contributed by atoms with E-state index in [4.69, 9.17) is 16.3 Å². The van der Waals surface area contributed by atoms with E-state index in [9.17, 15) is 10.1 Å². The smallest absolute Gasteiger partial charge is 0.288 e. The van der Waals surface area contributed by atoms with Crippen molar-refractivity contribution >= 4 is 17.3 Å². The minimum absolute atomic E-state index is 0.0669. The van der Waals surface area contributed by atoms with Crippen molar-refractivity contribution in [1.29, 1.82) is 0 Å². The number of nitrogens with one attached hydrogen (secondary N) is 1. The van der Waals surface area contributed by atoms with Gasteiger partial charge in [-0.05, 0) is 24.6 Å². The van der Waals surface area contributed by atoms with Gasteiger partial charge in [0.2, 0.25) is 0 Å². The number of halogens is 1. The summed E-state index contributed by atoms with van der Waals surface area (Å²) in [7, 11) is 0. The first-order chi connectivity index (χ1) is 9.04. The molecule has 0 amide bonds. The predicted octanol–water partition coefficient (Wildman–Crippen LogP) is 3.18. The maximum absolute atomic E-state index is 10.6. The Labute approximate surface area is 117 Å². The van der Waals surface area contributed by atoms with Crippen LogP contribution in [0.5, 0.6) is 5.75 Å². The minimum Gasteiger partial charge on any atom is -0.489 e. The molecule has 0 atom stereocenters. The van der Waals surface area contributed by atoms with Crippen molar-refractivity contribution < 1.29 is 9.66 Å². The Morgan fingerprint density at radius 1 is 1.58 bits per heavy atom. The molecule has 1 N–H and O–H groups in total. The SMILES string of the molecule is C=C(CNCCC)COc1ccc([N+](=O)[O-])c(Cl)c1. The molecule has 1 aromatic carbocycles. The van der Waals surface area contributed by atoms with E-state index in [1.165, 1.54) is 18.2 Å². The van der Waals surface area contributed by atoms with E-state index in [2.05, 4.69) is 18.8 Å². The van der Waals surface area contributed by atoms with Gasteiger partial charge in [0.05, 0.1) is 4.92 Å². The highest BCUT2D eigenvalue weighted by atomic mass is 35.5. The average Bonchev–Trinajstić information content (AvgIpc) is 2.36. The van der Waals surface area contributed by atoms with Crippen molar-refractivity contribution in [3.05, 3.63) is 45.5 Å². The van der Waals surface area contributed by atoms with Gasteiger partial charge >= 0.3 is 0 Å². The van der Waals surface area contributed by atoms with E-state index in [1.807, 2.05) is 0 Å². The summed E-state index contributed by atoms with van der Waals surface area (Å²) in [6, 6.07) is 4.29. The Bertz CT molecular complexity index is 463. The van der Waals surface area contributed by atoms with Gasteiger partial charge in [0.15, 0.2) is 0 Å². The fourth-order valence-corrected chi connectivity index (χ4v) is 1.64. The Hall–Kier alpha value is -1.59. The van der Waals surface area contributed by atoms with Crippen LogP contribution in [-0.4, -0.2) is 24.6 Å². The highest BCUT2D eigenvalue weighted by Gasteiger charge is 2.12. The number of hydrogen-bond donors (Lipinski definition) is 1. The van der Waals surface area contributed by atoms with E-state index >= 15 is 0 Å². The lowest BCUT2D eigenvalue weighted by Gasteiger charge is -2.09. The van der Waals surface area contributed by atoms with Gasteiger partial charge in [-0.2, -0.15) is 0 Å². The fourth-order valence-electron chi connectivity index (χ4n) is 1.40. The van der Waals surface area contributed by atoms with Gasteiger partial charge in [-0.25, -0.2) is 0 Å². The molecule has 1 aromatic rings. The standard InChI is InChI=1S/C13H17ClN2O3/c1-3-6-15-8-10(2)9-19-11-4-5-13(16(17)18)12(14)7-11/h4-5,7,15H,2-3,6,8-9H2,1H3. The summed E-state index contributed by atoms with van der Waals surface area (Å²) in [6.45, 7) is 7.94. The van der Waals surface area contributed by atoms with Gasteiger partial charge in [-0.3, -0.25) is 10.1 Å². The predicted molar refractivity (Wildman–Crippen MR) is 75.9 cm³/mol. The van der Waals surface area contributed by atoms with Gasteiger partial charge in [0.25, 0.3) is 5.69 Å². The van der Waals surface area contributed by atoms with Crippen molar-refractivity contribution in [3.63, 3.8) is 0 Å². The Balaban J connectivity index is 2.48. The van der Waals surface area contributed by atoms with E-state index in [0.29, 0.717) is 18.9 Å². The molecule has 0 radical (unpaired) electrons. The molecule has 1 rings (SSSR count). The maximum Gasteiger partial charge on any atom is 0.288 e. The summed E-state index contributed by atoms with van der Waals surface area (Å²) in [5.41, 5.74) is 0.778. The number of nitrogens with zero attached hydrogens (tertiary/aromatic N) is 1. The molecule has 0 spiro atoms. The third-order valence-electron chi connectivity index (χ3n) is 2.36.